The van der Waals surface area contributed by atoms with Gasteiger partial charge >= 0.3 is 12.0 Å². The number of carbonyl (C=O) groups is 2. The molecule has 2 amide bonds. The normalized spacial score (nSPS) is 9.86. The number of esters is 1. The van der Waals surface area contributed by atoms with Crippen molar-refractivity contribution in [2.45, 2.75) is 13.5 Å². The third-order valence-electron chi connectivity index (χ3n) is 2.85. The fourth-order valence-corrected chi connectivity index (χ4v) is 1.83. The van der Waals surface area contributed by atoms with E-state index in [1.165, 1.54) is 0 Å². The van der Waals surface area contributed by atoms with Crippen molar-refractivity contribution < 1.29 is 14.3 Å². The number of nitrogens with zero attached hydrogens (tertiary/aromatic N) is 1. The summed E-state index contributed by atoms with van der Waals surface area (Å²) < 4.78 is 4.96. The van der Waals surface area contributed by atoms with Gasteiger partial charge in [0.05, 0.1) is 17.9 Å². The van der Waals surface area contributed by atoms with Crippen LogP contribution < -0.4 is 10.6 Å². The minimum atomic E-state index is -0.467. The standard InChI is InChI=1S/C16H17N3O3/c1-2-22-15(20)13-7-3-4-8-14(13)19-16(21)18-11-12-6-5-9-17-10-12/h3-10H,2,11H2,1H3,(H2,18,19,21). The molecule has 114 valence electrons. The Morgan fingerprint density at radius 1 is 1.18 bits per heavy atom. The zero-order valence-electron chi connectivity index (χ0n) is 12.2. The number of rotatable bonds is 5. The highest BCUT2D eigenvalue weighted by atomic mass is 16.5. The fourth-order valence-electron chi connectivity index (χ4n) is 1.83. The first-order valence-corrected chi connectivity index (χ1v) is 6.90. The Bertz CT molecular complexity index is 644. The summed E-state index contributed by atoms with van der Waals surface area (Å²) in [4.78, 5) is 27.7. The van der Waals surface area contributed by atoms with Gasteiger partial charge < -0.3 is 15.4 Å². The molecule has 0 saturated carbocycles. The van der Waals surface area contributed by atoms with Crippen LogP contribution in [-0.2, 0) is 11.3 Å². The van der Waals surface area contributed by atoms with E-state index in [0.717, 1.165) is 5.56 Å². The lowest BCUT2D eigenvalue weighted by Gasteiger charge is -2.11. The largest absolute Gasteiger partial charge is 0.462 e. The molecule has 0 saturated heterocycles. The molecule has 0 radical (unpaired) electrons. The predicted octanol–water partition coefficient (Wildman–Crippen LogP) is 2.58. The quantitative estimate of drug-likeness (QED) is 0.832. The first-order valence-electron chi connectivity index (χ1n) is 6.90. The van der Waals surface area contributed by atoms with E-state index >= 15 is 0 Å². The molecule has 6 nitrogen and oxygen atoms in total. The van der Waals surface area contributed by atoms with Crippen LogP contribution in [0.3, 0.4) is 0 Å². The number of urea groups is 1. The van der Waals surface area contributed by atoms with Crippen LogP contribution in [0.5, 0.6) is 0 Å². The van der Waals surface area contributed by atoms with Crippen molar-refractivity contribution in [3.63, 3.8) is 0 Å². The number of benzene rings is 1. The lowest BCUT2D eigenvalue weighted by molar-refractivity contribution is 0.0527. The summed E-state index contributed by atoms with van der Waals surface area (Å²) in [5.74, 6) is -0.467. The van der Waals surface area contributed by atoms with E-state index < -0.39 is 12.0 Å². The molecule has 0 aliphatic carbocycles. The number of ether oxygens (including phenoxy) is 1. The monoisotopic (exact) mass is 299 g/mol. The molecule has 1 heterocycles. The second kappa shape index (κ2) is 7.78. The van der Waals surface area contributed by atoms with E-state index in [1.54, 1.807) is 49.6 Å². The summed E-state index contributed by atoms with van der Waals surface area (Å²) in [7, 11) is 0. The van der Waals surface area contributed by atoms with E-state index in [9.17, 15) is 9.59 Å². The molecule has 22 heavy (non-hydrogen) atoms. The minimum Gasteiger partial charge on any atom is -0.462 e. The zero-order valence-corrected chi connectivity index (χ0v) is 12.2. The molecule has 2 N–H and O–H groups in total. The van der Waals surface area contributed by atoms with Gasteiger partial charge in [0.25, 0.3) is 0 Å². The molecule has 0 aliphatic rings. The number of carbonyl (C=O) groups excluding carboxylic acids is 2. The molecular formula is C16H17N3O3. The highest BCUT2D eigenvalue weighted by Gasteiger charge is 2.13. The van der Waals surface area contributed by atoms with Crippen molar-refractivity contribution in [3.8, 4) is 0 Å². The van der Waals surface area contributed by atoms with Gasteiger partial charge in [0.15, 0.2) is 0 Å². The molecule has 2 aromatic rings. The Kier molecular flexibility index (Phi) is 5.48. The second-order valence-corrected chi connectivity index (χ2v) is 4.44. The summed E-state index contributed by atoms with van der Waals surface area (Å²) in [5, 5.41) is 5.35. The van der Waals surface area contributed by atoms with Gasteiger partial charge in [-0.05, 0) is 30.7 Å². The summed E-state index contributed by atoms with van der Waals surface area (Å²) in [6.45, 7) is 2.36. The summed E-state index contributed by atoms with van der Waals surface area (Å²) in [6.07, 6.45) is 3.34. The molecule has 0 atom stereocenters. The van der Waals surface area contributed by atoms with Crippen molar-refractivity contribution in [1.82, 2.24) is 10.3 Å². The minimum absolute atomic E-state index is 0.278. The summed E-state index contributed by atoms with van der Waals surface area (Å²) >= 11 is 0. The van der Waals surface area contributed by atoms with E-state index in [4.69, 9.17) is 4.74 Å². The maximum Gasteiger partial charge on any atom is 0.340 e. The topological polar surface area (TPSA) is 80.3 Å². The van der Waals surface area contributed by atoms with E-state index in [1.807, 2.05) is 6.07 Å². The molecular weight excluding hydrogens is 282 g/mol. The molecule has 0 fully saturated rings. The molecule has 0 aliphatic heterocycles. The van der Waals surface area contributed by atoms with Gasteiger partial charge in [0.1, 0.15) is 0 Å². The molecule has 6 heteroatoms. The number of amides is 2. The maximum absolute atomic E-state index is 11.9. The van der Waals surface area contributed by atoms with E-state index in [2.05, 4.69) is 15.6 Å². The van der Waals surface area contributed by atoms with Crippen molar-refractivity contribution in [1.29, 1.82) is 0 Å². The smallest absolute Gasteiger partial charge is 0.340 e. The van der Waals surface area contributed by atoms with Gasteiger partial charge in [-0.2, -0.15) is 0 Å². The maximum atomic E-state index is 11.9. The van der Waals surface area contributed by atoms with Crippen molar-refractivity contribution in [3.05, 3.63) is 59.9 Å². The average molecular weight is 299 g/mol. The van der Waals surface area contributed by atoms with Crippen LogP contribution in [0.1, 0.15) is 22.8 Å². The van der Waals surface area contributed by atoms with Crippen LogP contribution in [0.25, 0.3) is 0 Å². The Morgan fingerprint density at radius 3 is 2.73 bits per heavy atom. The highest BCUT2D eigenvalue weighted by molar-refractivity contribution is 6.00. The number of aromatic nitrogens is 1. The molecule has 1 aromatic carbocycles. The van der Waals surface area contributed by atoms with Gasteiger partial charge in [-0.1, -0.05) is 18.2 Å². The molecule has 0 spiro atoms. The predicted molar refractivity (Wildman–Crippen MR) is 82.5 cm³/mol. The SMILES string of the molecule is CCOC(=O)c1ccccc1NC(=O)NCc1cccnc1. The van der Waals surface area contributed by atoms with Crippen molar-refractivity contribution >= 4 is 17.7 Å². The number of hydrogen-bond donors (Lipinski definition) is 2. The van der Waals surface area contributed by atoms with Gasteiger partial charge in [-0.3, -0.25) is 4.98 Å². The van der Waals surface area contributed by atoms with Crippen LogP contribution in [0.2, 0.25) is 0 Å². The first-order chi connectivity index (χ1) is 10.7. The zero-order chi connectivity index (χ0) is 15.8. The van der Waals surface area contributed by atoms with E-state index in [-0.39, 0.29) is 6.61 Å². The lowest BCUT2D eigenvalue weighted by atomic mass is 10.2. The van der Waals surface area contributed by atoms with Crippen molar-refractivity contribution in [2.75, 3.05) is 11.9 Å². The van der Waals surface area contributed by atoms with E-state index in [0.29, 0.717) is 17.8 Å². The first kappa shape index (κ1) is 15.5. The summed E-state index contributed by atoms with van der Waals surface area (Å²) in [5.41, 5.74) is 1.61. The Hall–Kier alpha value is -2.89. The second-order valence-electron chi connectivity index (χ2n) is 4.44. The van der Waals surface area contributed by atoms with Crippen molar-refractivity contribution in [2.24, 2.45) is 0 Å². The summed E-state index contributed by atoms with van der Waals surface area (Å²) in [6, 6.07) is 9.96. The van der Waals surface area contributed by atoms with Gasteiger partial charge in [0, 0.05) is 18.9 Å². The average Bonchev–Trinajstić information content (AvgIpc) is 2.54. The highest BCUT2D eigenvalue weighted by Crippen LogP contribution is 2.16. The van der Waals surface area contributed by atoms with Gasteiger partial charge in [0.2, 0.25) is 0 Å². The third-order valence-corrected chi connectivity index (χ3v) is 2.85. The Morgan fingerprint density at radius 2 is 2.00 bits per heavy atom. The number of nitrogens with one attached hydrogen (secondary N) is 2. The number of para-hydroxylation sites is 1. The van der Waals surface area contributed by atoms with Gasteiger partial charge in [-0.15, -0.1) is 0 Å². The fraction of sp³-hybridized carbons (Fsp3) is 0.188. The third kappa shape index (κ3) is 4.31. The lowest BCUT2D eigenvalue weighted by Crippen LogP contribution is -2.29. The number of pyridine rings is 1. The Balaban J connectivity index is 1.98. The van der Waals surface area contributed by atoms with Crippen LogP contribution in [0.4, 0.5) is 10.5 Å². The van der Waals surface area contributed by atoms with Crippen LogP contribution in [-0.4, -0.2) is 23.6 Å². The van der Waals surface area contributed by atoms with Crippen LogP contribution >= 0.6 is 0 Å². The molecule has 1 aromatic heterocycles. The Labute approximate surface area is 128 Å². The number of hydrogen-bond acceptors (Lipinski definition) is 4. The molecule has 2 rings (SSSR count). The molecule has 0 bridgehead atoms. The number of anilines is 1. The molecule has 0 unspecified atom stereocenters. The van der Waals surface area contributed by atoms with Gasteiger partial charge in [-0.25, -0.2) is 9.59 Å². The van der Waals surface area contributed by atoms with Crippen LogP contribution in [0.15, 0.2) is 48.8 Å². The van der Waals surface area contributed by atoms with Crippen LogP contribution in [0, 0.1) is 0 Å².